The van der Waals surface area contributed by atoms with Crippen LogP contribution in [0.2, 0.25) is 5.02 Å². The lowest BCUT2D eigenvalue weighted by Gasteiger charge is -2.18. The molecule has 2 amide bonds. The summed E-state index contributed by atoms with van der Waals surface area (Å²) in [6.45, 7) is 0. The number of anilines is 1. The van der Waals surface area contributed by atoms with Gasteiger partial charge in [-0.25, -0.2) is 0 Å². The molecule has 6 nitrogen and oxygen atoms in total. The summed E-state index contributed by atoms with van der Waals surface area (Å²) in [7, 11) is 0. The van der Waals surface area contributed by atoms with E-state index in [1.807, 2.05) is 42.5 Å². The fraction of sp³-hybridized carbons (Fsp3) is 0.158. The van der Waals surface area contributed by atoms with Crippen molar-refractivity contribution < 1.29 is 9.59 Å². The van der Waals surface area contributed by atoms with Crippen LogP contribution >= 0.6 is 46.1 Å². The zero-order valence-corrected chi connectivity index (χ0v) is 17.9. The maximum Gasteiger partial charge on any atom is 0.253 e. The summed E-state index contributed by atoms with van der Waals surface area (Å²) in [6, 6.07) is 15.5. The summed E-state index contributed by atoms with van der Waals surface area (Å²) in [4.78, 5) is 23.4. The number of carbonyl (C=O) groups is 2. The summed E-state index contributed by atoms with van der Waals surface area (Å²) in [5.41, 5.74) is 1.70. The van der Waals surface area contributed by atoms with Crippen molar-refractivity contribution in [2.75, 3.05) is 5.32 Å². The van der Waals surface area contributed by atoms with E-state index >= 15 is 0 Å². The molecule has 0 unspecified atom stereocenters. The van der Waals surface area contributed by atoms with E-state index in [9.17, 15) is 9.59 Å². The van der Waals surface area contributed by atoms with Gasteiger partial charge >= 0.3 is 0 Å². The fourth-order valence-corrected chi connectivity index (χ4v) is 3.47. The number of carbonyl (C=O) groups excluding carboxylic acids is 2. The molecule has 0 fully saturated rings. The topological polar surface area (TPSA) is 84.0 Å². The molecule has 0 aliphatic heterocycles. The second-order valence-electron chi connectivity index (χ2n) is 5.96. The van der Waals surface area contributed by atoms with Crippen molar-refractivity contribution in [3.63, 3.8) is 0 Å². The van der Waals surface area contributed by atoms with E-state index in [-0.39, 0.29) is 6.42 Å². The van der Waals surface area contributed by atoms with Crippen LogP contribution in [0.4, 0.5) is 5.13 Å². The van der Waals surface area contributed by atoms with Gasteiger partial charge in [0, 0.05) is 17.0 Å². The molecule has 29 heavy (non-hydrogen) atoms. The van der Waals surface area contributed by atoms with Gasteiger partial charge < -0.3 is 5.32 Å². The lowest BCUT2D eigenvalue weighted by atomic mass is 10.1. The van der Waals surface area contributed by atoms with Crippen LogP contribution in [0, 0.1) is 0 Å². The van der Waals surface area contributed by atoms with E-state index < -0.39 is 22.7 Å². The SMILES string of the molecule is O=C(N[C@H](Cc1ccccc1)C(=O)Nc1nnc(-c2ccc(Cl)cc2)s1)C(Cl)Cl. The predicted octanol–water partition coefficient (Wildman–Crippen LogP) is 4.33. The molecule has 2 N–H and O–H groups in total. The Morgan fingerprint density at radius 1 is 0.966 bits per heavy atom. The van der Waals surface area contributed by atoms with Gasteiger partial charge in [0.15, 0.2) is 4.84 Å². The Kier molecular flexibility index (Phi) is 7.44. The monoisotopic (exact) mass is 468 g/mol. The average Bonchev–Trinajstić information content (AvgIpc) is 3.17. The Morgan fingerprint density at radius 3 is 2.31 bits per heavy atom. The number of nitrogens with one attached hydrogen (secondary N) is 2. The largest absolute Gasteiger partial charge is 0.342 e. The van der Waals surface area contributed by atoms with Gasteiger partial charge in [0.25, 0.3) is 5.91 Å². The maximum absolute atomic E-state index is 12.8. The van der Waals surface area contributed by atoms with Crippen molar-refractivity contribution in [3.05, 3.63) is 65.2 Å². The van der Waals surface area contributed by atoms with Crippen LogP contribution in [0.1, 0.15) is 5.56 Å². The van der Waals surface area contributed by atoms with Crippen LogP contribution in [0.25, 0.3) is 10.6 Å². The van der Waals surface area contributed by atoms with Crippen LogP contribution in [0.15, 0.2) is 54.6 Å². The molecular formula is C19H15Cl3N4O2S. The Hall–Kier alpha value is -2.19. The minimum atomic E-state index is -1.28. The zero-order valence-electron chi connectivity index (χ0n) is 14.8. The van der Waals surface area contributed by atoms with Gasteiger partial charge in [0.05, 0.1) is 0 Å². The smallest absolute Gasteiger partial charge is 0.253 e. The summed E-state index contributed by atoms with van der Waals surface area (Å²) >= 11 is 18.3. The molecule has 1 heterocycles. The quantitative estimate of drug-likeness (QED) is 0.505. The summed E-state index contributed by atoms with van der Waals surface area (Å²) in [5, 5.41) is 14.9. The molecule has 3 aromatic rings. The van der Waals surface area contributed by atoms with Crippen LogP contribution in [0.5, 0.6) is 0 Å². The second-order valence-corrected chi connectivity index (χ2v) is 8.47. The van der Waals surface area contributed by atoms with E-state index in [0.29, 0.717) is 15.2 Å². The minimum Gasteiger partial charge on any atom is -0.342 e. The standard InChI is InChI=1S/C19H15Cl3N4O2S/c20-13-8-6-12(7-9-13)18-25-26-19(29-18)24-16(27)14(23-17(28)15(21)22)10-11-4-2-1-3-5-11/h1-9,14-15H,10H2,(H,23,28)(H,24,26,27)/t14-/m1/s1. The van der Waals surface area contributed by atoms with Crippen LogP contribution < -0.4 is 10.6 Å². The Bertz CT molecular complexity index is 981. The molecule has 2 aromatic carbocycles. The zero-order chi connectivity index (χ0) is 20.8. The summed E-state index contributed by atoms with van der Waals surface area (Å²) in [5.74, 6) is -1.10. The van der Waals surface area contributed by atoms with Gasteiger partial charge in [0.1, 0.15) is 11.0 Å². The number of alkyl halides is 2. The van der Waals surface area contributed by atoms with Gasteiger partial charge in [-0.2, -0.15) is 0 Å². The summed E-state index contributed by atoms with van der Waals surface area (Å²) < 4.78 is 0. The molecular weight excluding hydrogens is 455 g/mol. The predicted molar refractivity (Wildman–Crippen MR) is 117 cm³/mol. The molecule has 10 heteroatoms. The third-order valence-corrected chi connectivity index (χ3v) is 5.40. The fourth-order valence-electron chi connectivity index (χ4n) is 2.47. The lowest BCUT2D eigenvalue weighted by molar-refractivity contribution is -0.125. The first-order chi connectivity index (χ1) is 13.9. The maximum atomic E-state index is 12.8. The van der Waals surface area contributed by atoms with Crippen molar-refractivity contribution in [1.82, 2.24) is 15.5 Å². The third kappa shape index (κ3) is 6.14. The molecule has 0 aliphatic carbocycles. The highest BCUT2D eigenvalue weighted by Crippen LogP contribution is 2.27. The molecule has 1 atom stereocenters. The molecule has 0 bridgehead atoms. The summed E-state index contributed by atoms with van der Waals surface area (Å²) in [6.07, 6.45) is 0.266. The van der Waals surface area contributed by atoms with Crippen LogP contribution in [0.3, 0.4) is 0 Å². The van der Waals surface area contributed by atoms with Crippen LogP contribution in [-0.2, 0) is 16.0 Å². The van der Waals surface area contributed by atoms with E-state index in [4.69, 9.17) is 34.8 Å². The highest BCUT2D eigenvalue weighted by atomic mass is 35.5. The minimum absolute atomic E-state index is 0.266. The number of amides is 2. The molecule has 0 saturated carbocycles. The molecule has 0 spiro atoms. The van der Waals surface area contributed by atoms with Crippen molar-refractivity contribution in [2.24, 2.45) is 0 Å². The average molecular weight is 470 g/mol. The molecule has 0 saturated heterocycles. The second kappa shape index (κ2) is 10.0. The van der Waals surface area contributed by atoms with Crippen molar-refractivity contribution in [3.8, 4) is 10.6 Å². The van der Waals surface area contributed by atoms with Crippen LogP contribution in [-0.4, -0.2) is 32.9 Å². The first kappa shape index (κ1) is 21.5. The number of aromatic nitrogens is 2. The van der Waals surface area contributed by atoms with Gasteiger partial charge in [0.2, 0.25) is 11.0 Å². The van der Waals surface area contributed by atoms with Crippen molar-refractivity contribution in [2.45, 2.75) is 17.3 Å². The molecule has 0 aliphatic rings. The van der Waals surface area contributed by atoms with Gasteiger partial charge in [-0.3, -0.25) is 14.9 Å². The Morgan fingerprint density at radius 2 is 1.66 bits per heavy atom. The first-order valence-corrected chi connectivity index (χ1v) is 10.5. The van der Waals surface area contributed by atoms with Gasteiger partial charge in [-0.1, -0.05) is 88.6 Å². The van der Waals surface area contributed by atoms with E-state index in [1.54, 1.807) is 12.1 Å². The first-order valence-electron chi connectivity index (χ1n) is 8.45. The molecule has 1 aromatic heterocycles. The number of rotatable bonds is 7. The van der Waals surface area contributed by atoms with E-state index in [2.05, 4.69) is 20.8 Å². The van der Waals surface area contributed by atoms with Crippen molar-refractivity contribution >= 4 is 63.1 Å². The number of benzene rings is 2. The highest BCUT2D eigenvalue weighted by Gasteiger charge is 2.25. The normalized spacial score (nSPS) is 11.9. The number of nitrogens with zero attached hydrogens (tertiary/aromatic N) is 2. The van der Waals surface area contributed by atoms with E-state index in [0.717, 1.165) is 11.1 Å². The van der Waals surface area contributed by atoms with Crippen molar-refractivity contribution in [1.29, 1.82) is 0 Å². The Labute approximate surface area is 186 Å². The highest BCUT2D eigenvalue weighted by molar-refractivity contribution is 7.18. The van der Waals surface area contributed by atoms with Gasteiger partial charge in [-0.15, -0.1) is 10.2 Å². The lowest BCUT2D eigenvalue weighted by Crippen LogP contribution is -2.47. The Balaban J connectivity index is 1.73. The molecule has 0 radical (unpaired) electrons. The molecule has 150 valence electrons. The molecule has 3 rings (SSSR count). The number of hydrogen-bond donors (Lipinski definition) is 2. The van der Waals surface area contributed by atoms with E-state index in [1.165, 1.54) is 11.3 Å². The number of halogens is 3. The third-order valence-electron chi connectivity index (χ3n) is 3.86. The van der Waals surface area contributed by atoms with Gasteiger partial charge in [-0.05, 0) is 17.7 Å². The number of hydrogen-bond acceptors (Lipinski definition) is 5.